The van der Waals surface area contributed by atoms with Gasteiger partial charge in [-0.05, 0) is 45.4 Å². The second kappa shape index (κ2) is 10.0. The maximum Gasteiger partial charge on any atom is 0.228 e. The standard InChI is InChI=1S/C26H36N6O3/c1-7-35-21-10-8-20(9-11-21)18(4)29(6)24-22-16-32(17(2)3)25(34)23(22)27-26(28-24)31-14-12-30(13-15-31)19(5)33/h8-11,16-18,34H,7,12-15H2,1-6H3. The Kier molecular flexibility index (Phi) is 7.05. The summed E-state index contributed by atoms with van der Waals surface area (Å²) in [7, 11) is 2.02. The highest BCUT2D eigenvalue weighted by atomic mass is 16.5. The van der Waals surface area contributed by atoms with Crippen molar-refractivity contribution < 1.29 is 14.6 Å². The summed E-state index contributed by atoms with van der Waals surface area (Å²) in [5.74, 6) is 2.40. The minimum atomic E-state index is 0.0238. The first-order valence-corrected chi connectivity index (χ1v) is 12.3. The zero-order valence-electron chi connectivity index (χ0n) is 21.5. The summed E-state index contributed by atoms with van der Waals surface area (Å²) >= 11 is 0. The summed E-state index contributed by atoms with van der Waals surface area (Å²) in [5, 5.41) is 11.8. The predicted octanol–water partition coefficient (Wildman–Crippen LogP) is 3.98. The van der Waals surface area contributed by atoms with Crippen molar-refractivity contribution in [3.8, 4) is 11.6 Å². The molecule has 1 N–H and O–H groups in total. The third-order valence-corrected chi connectivity index (χ3v) is 6.79. The Balaban J connectivity index is 1.73. The monoisotopic (exact) mass is 480 g/mol. The molecule has 0 spiro atoms. The predicted molar refractivity (Wildman–Crippen MR) is 138 cm³/mol. The Morgan fingerprint density at radius 3 is 2.34 bits per heavy atom. The lowest BCUT2D eigenvalue weighted by atomic mass is 10.1. The molecule has 3 aromatic rings. The van der Waals surface area contributed by atoms with Crippen LogP contribution >= 0.6 is 0 Å². The second-order valence-electron chi connectivity index (χ2n) is 9.35. The number of benzene rings is 1. The van der Waals surface area contributed by atoms with Crippen LogP contribution in [-0.4, -0.2) is 70.3 Å². The van der Waals surface area contributed by atoms with Crippen LogP contribution in [-0.2, 0) is 4.79 Å². The van der Waals surface area contributed by atoms with Gasteiger partial charge in [-0.1, -0.05) is 12.1 Å². The smallest absolute Gasteiger partial charge is 0.228 e. The van der Waals surface area contributed by atoms with Gasteiger partial charge in [-0.25, -0.2) is 4.98 Å². The molecule has 1 aliphatic rings. The highest BCUT2D eigenvalue weighted by Gasteiger charge is 2.26. The molecule has 1 amide bonds. The minimum absolute atomic E-state index is 0.0238. The second-order valence-corrected chi connectivity index (χ2v) is 9.35. The first kappa shape index (κ1) is 24.6. The normalized spacial score (nSPS) is 15.1. The summed E-state index contributed by atoms with van der Waals surface area (Å²) in [6, 6.07) is 8.22. The number of carbonyl (C=O) groups excluding carboxylic acids is 1. The number of nitrogens with zero attached hydrogens (tertiary/aromatic N) is 6. The van der Waals surface area contributed by atoms with Gasteiger partial charge < -0.3 is 29.1 Å². The van der Waals surface area contributed by atoms with Crippen molar-refractivity contribution in [2.45, 2.75) is 46.7 Å². The van der Waals surface area contributed by atoms with Crippen LogP contribution in [0.3, 0.4) is 0 Å². The van der Waals surface area contributed by atoms with Gasteiger partial charge in [0.2, 0.25) is 17.7 Å². The molecule has 1 saturated heterocycles. The summed E-state index contributed by atoms with van der Waals surface area (Å²) in [6.45, 7) is 12.9. The molecular weight excluding hydrogens is 444 g/mol. The SMILES string of the molecule is CCOc1ccc(C(C)N(C)c2nc(N3CCN(C(C)=O)CC3)nc3c(O)n(C(C)C)cc23)cc1. The molecule has 2 aromatic heterocycles. The molecule has 4 rings (SSSR count). The highest BCUT2D eigenvalue weighted by molar-refractivity contribution is 5.94. The molecule has 1 aromatic carbocycles. The number of carbonyl (C=O) groups is 1. The molecule has 9 heteroatoms. The number of amides is 1. The largest absolute Gasteiger partial charge is 0.494 e. The molecule has 0 bridgehead atoms. The maximum atomic E-state index is 11.8. The van der Waals surface area contributed by atoms with Gasteiger partial charge in [-0.15, -0.1) is 0 Å². The van der Waals surface area contributed by atoms with Crippen LogP contribution in [0.1, 0.15) is 52.3 Å². The zero-order valence-corrected chi connectivity index (χ0v) is 21.5. The van der Waals surface area contributed by atoms with E-state index in [9.17, 15) is 9.90 Å². The van der Waals surface area contributed by atoms with Crippen LogP contribution in [0.4, 0.5) is 11.8 Å². The fourth-order valence-corrected chi connectivity index (χ4v) is 4.50. The van der Waals surface area contributed by atoms with E-state index in [1.807, 2.05) is 55.6 Å². The summed E-state index contributed by atoms with van der Waals surface area (Å²) in [4.78, 5) is 27.6. The Morgan fingerprint density at radius 1 is 1.11 bits per heavy atom. The van der Waals surface area contributed by atoms with Crippen LogP contribution < -0.4 is 14.5 Å². The van der Waals surface area contributed by atoms with E-state index in [0.717, 1.165) is 22.5 Å². The lowest BCUT2D eigenvalue weighted by Crippen LogP contribution is -2.48. The van der Waals surface area contributed by atoms with Crippen molar-refractivity contribution in [2.24, 2.45) is 0 Å². The van der Waals surface area contributed by atoms with Crippen molar-refractivity contribution in [3.05, 3.63) is 36.0 Å². The van der Waals surface area contributed by atoms with Gasteiger partial charge in [-0.3, -0.25) is 4.79 Å². The number of anilines is 2. The zero-order chi connectivity index (χ0) is 25.3. The Morgan fingerprint density at radius 2 is 1.77 bits per heavy atom. The van der Waals surface area contributed by atoms with Crippen molar-refractivity contribution in [1.82, 2.24) is 19.4 Å². The molecular formula is C26H36N6O3. The minimum Gasteiger partial charge on any atom is -0.494 e. The van der Waals surface area contributed by atoms with E-state index in [0.29, 0.717) is 44.3 Å². The first-order valence-electron chi connectivity index (χ1n) is 12.3. The average molecular weight is 481 g/mol. The van der Waals surface area contributed by atoms with Gasteiger partial charge in [0.05, 0.1) is 18.0 Å². The van der Waals surface area contributed by atoms with Gasteiger partial charge >= 0.3 is 0 Å². The molecule has 188 valence electrons. The third kappa shape index (κ3) is 4.85. The number of hydrogen-bond donors (Lipinski definition) is 1. The number of aromatic nitrogens is 3. The Labute approximate surface area is 206 Å². The Hall–Kier alpha value is -3.49. The van der Waals surface area contributed by atoms with Crippen LogP contribution in [0.15, 0.2) is 30.5 Å². The van der Waals surface area contributed by atoms with E-state index in [-0.39, 0.29) is 23.9 Å². The van der Waals surface area contributed by atoms with Gasteiger partial charge in [-0.2, -0.15) is 4.98 Å². The number of hydrogen-bond acceptors (Lipinski definition) is 7. The van der Waals surface area contributed by atoms with E-state index >= 15 is 0 Å². The van der Waals surface area contributed by atoms with E-state index < -0.39 is 0 Å². The lowest BCUT2D eigenvalue weighted by molar-refractivity contribution is -0.129. The molecule has 0 saturated carbocycles. The van der Waals surface area contributed by atoms with Crippen LogP contribution in [0.5, 0.6) is 11.6 Å². The molecule has 1 atom stereocenters. The average Bonchev–Trinajstić information content (AvgIpc) is 3.20. The van der Waals surface area contributed by atoms with Crippen molar-refractivity contribution in [3.63, 3.8) is 0 Å². The van der Waals surface area contributed by atoms with Crippen molar-refractivity contribution in [1.29, 1.82) is 0 Å². The third-order valence-electron chi connectivity index (χ3n) is 6.79. The van der Waals surface area contributed by atoms with E-state index in [2.05, 4.69) is 28.9 Å². The number of rotatable bonds is 7. The molecule has 1 aliphatic heterocycles. The number of piperazine rings is 1. The fourth-order valence-electron chi connectivity index (χ4n) is 4.50. The van der Waals surface area contributed by atoms with Gasteiger partial charge in [0.25, 0.3) is 0 Å². The maximum absolute atomic E-state index is 11.8. The molecule has 35 heavy (non-hydrogen) atoms. The van der Waals surface area contributed by atoms with Gasteiger partial charge in [0.1, 0.15) is 17.1 Å². The van der Waals surface area contributed by atoms with E-state index in [1.165, 1.54) is 0 Å². The summed E-state index contributed by atoms with van der Waals surface area (Å²) in [5.41, 5.74) is 1.67. The topological polar surface area (TPSA) is 87.0 Å². The molecule has 9 nitrogen and oxygen atoms in total. The summed E-state index contributed by atoms with van der Waals surface area (Å²) < 4.78 is 7.42. The lowest BCUT2D eigenvalue weighted by Gasteiger charge is -2.35. The fraction of sp³-hybridized carbons (Fsp3) is 0.500. The van der Waals surface area contributed by atoms with E-state index in [4.69, 9.17) is 14.7 Å². The van der Waals surface area contributed by atoms with Gasteiger partial charge in [0, 0.05) is 52.4 Å². The first-order chi connectivity index (χ1) is 16.7. The molecule has 1 unspecified atom stereocenters. The van der Waals surface area contributed by atoms with Gasteiger partial charge in [0.15, 0.2) is 0 Å². The molecule has 1 fully saturated rings. The molecule has 3 heterocycles. The molecule has 0 aliphatic carbocycles. The number of fused-ring (bicyclic) bond motifs is 1. The summed E-state index contributed by atoms with van der Waals surface area (Å²) in [6.07, 6.45) is 1.93. The highest BCUT2D eigenvalue weighted by Crippen LogP contribution is 2.37. The number of aromatic hydroxyl groups is 1. The number of ether oxygens (including phenoxy) is 1. The van der Waals surface area contributed by atoms with Crippen LogP contribution in [0, 0.1) is 0 Å². The Bertz CT molecular complexity index is 1180. The van der Waals surface area contributed by atoms with Crippen LogP contribution in [0.25, 0.3) is 10.9 Å². The quantitative estimate of drug-likeness (QED) is 0.547. The molecule has 0 radical (unpaired) electrons. The van der Waals surface area contributed by atoms with E-state index in [1.54, 1.807) is 6.92 Å². The van der Waals surface area contributed by atoms with Crippen LogP contribution in [0.2, 0.25) is 0 Å². The van der Waals surface area contributed by atoms with Crippen molar-refractivity contribution in [2.75, 3.05) is 49.6 Å². The van der Waals surface area contributed by atoms with Crippen molar-refractivity contribution >= 4 is 28.6 Å².